The van der Waals surface area contributed by atoms with Crippen molar-refractivity contribution in [1.82, 2.24) is 14.7 Å². The van der Waals surface area contributed by atoms with Crippen molar-refractivity contribution in [3.63, 3.8) is 0 Å². The van der Waals surface area contributed by atoms with E-state index in [0.717, 1.165) is 58.0 Å². The van der Waals surface area contributed by atoms with Crippen molar-refractivity contribution in [2.24, 2.45) is 0 Å². The molecule has 3 rings (SSSR count). The lowest BCUT2D eigenvalue weighted by Crippen LogP contribution is -2.38. The number of fused-ring (bicyclic) bond motifs is 1. The van der Waals surface area contributed by atoms with E-state index >= 15 is 0 Å². The molecule has 0 saturated heterocycles. The van der Waals surface area contributed by atoms with Gasteiger partial charge in [-0.3, -0.25) is 4.90 Å². The minimum atomic E-state index is -0.495. The number of benzene rings is 2. The number of likely N-dealkylation sites (N-methyl/N-ethyl adjacent to an activating group) is 2. The molecule has 170 valence electrons. The van der Waals surface area contributed by atoms with Gasteiger partial charge < -0.3 is 19.6 Å². The fraction of sp³-hybridized carbons (Fsp3) is 0.538. The number of hydrogen-bond donors (Lipinski definition) is 1. The number of aliphatic hydroxyl groups excluding tert-OH is 1. The number of aliphatic hydroxyl groups is 1. The van der Waals surface area contributed by atoms with Gasteiger partial charge in [-0.05, 0) is 55.4 Å². The zero-order chi connectivity index (χ0) is 22.1. The highest BCUT2D eigenvalue weighted by Crippen LogP contribution is 2.19. The normalized spacial score (nSPS) is 15.3. The average molecular weight is 426 g/mol. The van der Waals surface area contributed by atoms with Gasteiger partial charge in [-0.1, -0.05) is 50.2 Å². The summed E-state index contributed by atoms with van der Waals surface area (Å²) in [5.41, 5.74) is 4.05. The Morgan fingerprint density at radius 3 is 2.58 bits per heavy atom. The van der Waals surface area contributed by atoms with Crippen molar-refractivity contribution in [2.45, 2.75) is 39.5 Å². The first-order chi connectivity index (χ1) is 15.1. The zero-order valence-corrected chi connectivity index (χ0v) is 19.5. The summed E-state index contributed by atoms with van der Waals surface area (Å²) in [4.78, 5) is 7.11. The highest BCUT2D eigenvalue weighted by Gasteiger charge is 2.18. The molecule has 2 aromatic rings. The van der Waals surface area contributed by atoms with Crippen LogP contribution in [0.1, 0.15) is 30.5 Å². The summed E-state index contributed by atoms with van der Waals surface area (Å²) in [6.07, 6.45) is 0.554. The quantitative estimate of drug-likeness (QED) is 0.565. The van der Waals surface area contributed by atoms with Gasteiger partial charge in [0.25, 0.3) is 0 Å². The van der Waals surface area contributed by atoms with Crippen LogP contribution < -0.4 is 4.74 Å². The van der Waals surface area contributed by atoms with Crippen LogP contribution in [0.25, 0.3) is 0 Å². The molecular weight excluding hydrogens is 386 g/mol. The van der Waals surface area contributed by atoms with Gasteiger partial charge in [0.05, 0.1) is 0 Å². The lowest BCUT2D eigenvalue weighted by atomic mass is 10.00. The monoisotopic (exact) mass is 425 g/mol. The minimum absolute atomic E-state index is 0.319. The van der Waals surface area contributed by atoms with Gasteiger partial charge in [0.15, 0.2) is 0 Å². The highest BCUT2D eigenvalue weighted by molar-refractivity contribution is 5.29. The van der Waals surface area contributed by atoms with Crippen LogP contribution in [0.15, 0.2) is 48.5 Å². The molecule has 0 fully saturated rings. The molecule has 5 heteroatoms. The van der Waals surface area contributed by atoms with Crippen molar-refractivity contribution in [1.29, 1.82) is 0 Å². The summed E-state index contributed by atoms with van der Waals surface area (Å²) in [7, 11) is 2.16. The smallest absolute Gasteiger partial charge is 0.119 e. The number of ether oxygens (including phenoxy) is 1. The number of rotatable bonds is 12. The van der Waals surface area contributed by atoms with E-state index in [2.05, 4.69) is 72.0 Å². The minimum Gasteiger partial charge on any atom is -0.491 e. The van der Waals surface area contributed by atoms with E-state index in [4.69, 9.17) is 4.74 Å². The maximum atomic E-state index is 10.5. The van der Waals surface area contributed by atoms with Gasteiger partial charge in [-0.15, -0.1) is 0 Å². The molecule has 1 unspecified atom stereocenters. The Morgan fingerprint density at radius 1 is 1.03 bits per heavy atom. The van der Waals surface area contributed by atoms with Crippen LogP contribution in [-0.2, 0) is 19.5 Å². The maximum Gasteiger partial charge on any atom is 0.119 e. The lowest BCUT2D eigenvalue weighted by molar-refractivity contribution is 0.0637. The SMILES string of the molecule is CCN(CC)CCN(C)Cc1cccc(OCC(O)CN2CCc3ccccc3C2)c1. The number of hydrogen-bond acceptors (Lipinski definition) is 5. The summed E-state index contributed by atoms with van der Waals surface area (Å²) >= 11 is 0. The van der Waals surface area contributed by atoms with E-state index in [0.29, 0.717) is 13.2 Å². The van der Waals surface area contributed by atoms with E-state index in [9.17, 15) is 5.11 Å². The average Bonchev–Trinajstić information content (AvgIpc) is 2.78. The molecule has 0 bridgehead atoms. The van der Waals surface area contributed by atoms with Gasteiger partial charge in [-0.25, -0.2) is 0 Å². The van der Waals surface area contributed by atoms with Crippen molar-refractivity contribution in [3.8, 4) is 5.75 Å². The predicted octanol–water partition coefficient (Wildman–Crippen LogP) is 3.26. The van der Waals surface area contributed by atoms with Crippen LogP contribution in [-0.4, -0.2) is 78.8 Å². The van der Waals surface area contributed by atoms with Gasteiger partial charge in [0.2, 0.25) is 0 Å². The van der Waals surface area contributed by atoms with Crippen LogP contribution in [0.2, 0.25) is 0 Å². The summed E-state index contributed by atoms with van der Waals surface area (Å²) in [6, 6.07) is 16.8. The van der Waals surface area contributed by atoms with E-state index in [1.807, 2.05) is 12.1 Å². The summed E-state index contributed by atoms with van der Waals surface area (Å²) in [5, 5.41) is 10.5. The largest absolute Gasteiger partial charge is 0.491 e. The molecule has 0 saturated carbocycles. The van der Waals surface area contributed by atoms with Crippen LogP contribution >= 0.6 is 0 Å². The standard InChI is InChI=1S/C26H39N3O2/c1-4-28(5-2)16-15-27(3)18-22-9-8-12-26(17-22)31-21-25(30)20-29-14-13-23-10-6-7-11-24(23)19-29/h6-12,17,25,30H,4-5,13-16,18-21H2,1-3H3. The highest BCUT2D eigenvalue weighted by atomic mass is 16.5. The zero-order valence-electron chi connectivity index (χ0n) is 19.5. The van der Waals surface area contributed by atoms with E-state index in [1.165, 1.54) is 16.7 Å². The molecule has 0 amide bonds. The molecule has 1 heterocycles. The van der Waals surface area contributed by atoms with Crippen LogP contribution in [0.3, 0.4) is 0 Å². The molecular formula is C26H39N3O2. The number of nitrogens with zero attached hydrogens (tertiary/aromatic N) is 3. The molecule has 1 aliphatic heterocycles. The Kier molecular flexibility index (Phi) is 9.34. The van der Waals surface area contributed by atoms with Crippen molar-refractivity contribution in [2.75, 3.05) is 52.9 Å². The Morgan fingerprint density at radius 2 is 1.81 bits per heavy atom. The topological polar surface area (TPSA) is 39.2 Å². The predicted molar refractivity (Wildman–Crippen MR) is 127 cm³/mol. The molecule has 31 heavy (non-hydrogen) atoms. The summed E-state index contributed by atoms with van der Waals surface area (Å²) in [5.74, 6) is 0.831. The Balaban J connectivity index is 1.42. The van der Waals surface area contributed by atoms with Crippen LogP contribution in [0, 0.1) is 0 Å². The second-order valence-corrected chi connectivity index (χ2v) is 8.63. The van der Waals surface area contributed by atoms with Crippen molar-refractivity contribution in [3.05, 3.63) is 65.2 Å². The molecule has 2 aromatic carbocycles. The van der Waals surface area contributed by atoms with Gasteiger partial charge in [-0.2, -0.15) is 0 Å². The van der Waals surface area contributed by atoms with E-state index in [-0.39, 0.29) is 0 Å². The molecule has 0 aromatic heterocycles. The Hall–Kier alpha value is -1.92. The van der Waals surface area contributed by atoms with Crippen molar-refractivity contribution < 1.29 is 9.84 Å². The number of β-amino-alcohol motifs (C(OH)–C–C–N with tert-alkyl or cyclic N) is 1. The van der Waals surface area contributed by atoms with Gasteiger partial charge >= 0.3 is 0 Å². The molecule has 1 N–H and O–H groups in total. The fourth-order valence-corrected chi connectivity index (χ4v) is 4.23. The summed E-state index contributed by atoms with van der Waals surface area (Å²) in [6.45, 7) is 12.5. The van der Waals surface area contributed by atoms with Crippen LogP contribution in [0.5, 0.6) is 5.75 Å². The summed E-state index contributed by atoms with van der Waals surface area (Å²) < 4.78 is 5.93. The second kappa shape index (κ2) is 12.2. The first-order valence-corrected chi connectivity index (χ1v) is 11.7. The van der Waals surface area contributed by atoms with Crippen LogP contribution in [0.4, 0.5) is 0 Å². The first-order valence-electron chi connectivity index (χ1n) is 11.7. The van der Waals surface area contributed by atoms with E-state index < -0.39 is 6.10 Å². The molecule has 1 aliphatic rings. The Labute approximate surface area is 188 Å². The molecule has 5 nitrogen and oxygen atoms in total. The third-order valence-electron chi connectivity index (χ3n) is 6.16. The lowest BCUT2D eigenvalue weighted by Gasteiger charge is -2.30. The first kappa shape index (κ1) is 23.7. The van der Waals surface area contributed by atoms with Gasteiger partial charge in [0, 0.05) is 39.3 Å². The van der Waals surface area contributed by atoms with Gasteiger partial charge in [0.1, 0.15) is 18.5 Å². The fourth-order valence-electron chi connectivity index (χ4n) is 4.23. The molecule has 0 spiro atoms. The molecule has 0 radical (unpaired) electrons. The van der Waals surface area contributed by atoms with Crippen molar-refractivity contribution >= 4 is 0 Å². The second-order valence-electron chi connectivity index (χ2n) is 8.63. The Bertz CT molecular complexity index is 794. The molecule has 0 aliphatic carbocycles. The maximum absolute atomic E-state index is 10.5. The molecule has 1 atom stereocenters. The third kappa shape index (κ3) is 7.62. The van der Waals surface area contributed by atoms with E-state index in [1.54, 1.807) is 0 Å². The third-order valence-corrected chi connectivity index (χ3v) is 6.16.